The summed E-state index contributed by atoms with van der Waals surface area (Å²) >= 11 is 0. The van der Waals surface area contributed by atoms with E-state index in [1.165, 1.54) is 62.6 Å². The second kappa shape index (κ2) is 10.3. The first-order valence-corrected chi connectivity index (χ1v) is 12.1. The molecule has 0 fully saturated rings. The van der Waals surface area contributed by atoms with Gasteiger partial charge >= 0.3 is 0 Å². The van der Waals surface area contributed by atoms with Gasteiger partial charge in [0.2, 0.25) is 0 Å². The fourth-order valence-electron chi connectivity index (χ4n) is 5.38. The summed E-state index contributed by atoms with van der Waals surface area (Å²) in [5.74, 6) is 0. The van der Waals surface area contributed by atoms with Gasteiger partial charge in [-0.2, -0.15) is 33.9 Å². The summed E-state index contributed by atoms with van der Waals surface area (Å²) in [6.45, 7) is 15.8. The predicted octanol–water partition coefficient (Wildman–Crippen LogP) is 8.41. The first kappa shape index (κ1) is 25.9. The van der Waals surface area contributed by atoms with E-state index in [-0.39, 0.29) is 25.8 Å². The molecule has 1 aliphatic rings. The molecule has 0 nitrogen and oxygen atoms in total. The van der Waals surface area contributed by atoms with E-state index in [0.29, 0.717) is 5.41 Å². The van der Waals surface area contributed by atoms with Gasteiger partial charge in [0.1, 0.15) is 0 Å². The minimum absolute atomic E-state index is 0. The molecule has 0 aromatic heterocycles. The largest absolute Gasteiger partial charge is 0.196 e. The van der Waals surface area contributed by atoms with E-state index in [1.807, 2.05) is 0 Å². The third-order valence-corrected chi connectivity index (χ3v) is 7.86. The quantitative estimate of drug-likeness (QED) is 0.164. The Morgan fingerprint density at radius 2 is 1.39 bits per heavy atom. The first-order chi connectivity index (χ1) is 15.2. The fraction of sp³-hybridized carbons (Fsp3) is 0.375. The van der Waals surface area contributed by atoms with Gasteiger partial charge in [0.05, 0.1) is 0 Å². The molecule has 0 saturated carbocycles. The van der Waals surface area contributed by atoms with E-state index in [4.69, 9.17) is 0 Å². The van der Waals surface area contributed by atoms with E-state index < -0.39 is 0 Å². The van der Waals surface area contributed by atoms with Gasteiger partial charge in [-0.25, -0.2) is 0 Å². The molecule has 0 heterocycles. The molecule has 1 heteroatoms. The minimum atomic E-state index is 0. The normalized spacial score (nSPS) is 13.9. The molecule has 0 amide bonds. The molecule has 4 aromatic carbocycles. The predicted molar refractivity (Wildman–Crippen MR) is 140 cm³/mol. The number of fused-ring (bicyclic) bond motifs is 2. The van der Waals surface area contributed by atoms with E-state index in [1.54, 1.807) is 11.1 Å². The second-order valence-corrected chi connectivity index (χ2v) is 10.7. The molecule has 33 heavy (non-hydrogen) atoms. The maximum atomic E-state index is 2.47. The molecule has 0 spiro atoms. The molecule has 172 valence electrons. The van der Waals surface area contributed by atoms with Gasteiger partial charge in [-0.05, 0) is 30.2 Å². The topological polar surface area (TPSA) is 0 Å². The van der Waals surface area contributed by atoms with Crippen LogP contribution in [0.2, 0.25) is 0 Å². The first-order valence-electron chi connectivity index (χ1n) is 12.1. The van der Waals surface area contributed by atoms with Crippen molar-refractivity contribution in [3.63, 3.8) is 0 Å². The van der Waals surface area contributed by atoms with Crippen LogP contribution in [-0.2, 0) is 51.5 Å². The molecular weight excluding hydrogens is 563 g/mol. The summed E-state index contributed by atoms with van der Waals surface area (Å²) in [6, 6.07) is 20.4. The number of rotatable bonds is 3. The third-order valence-electron chi connectivity index (χ3n) is 7.86. The van der Waals surface area contributed by atoms with Crippen LogP contribution in [0.25, 0.3) is 10.8 Å². The molecule has 0 atom stereocenters. The van der Waals surface area contributed by atoms with Crippen molar-refractivity contribution >= 4 is 10.8 Å². The Kier molecular flexibility index (Phi) is 8.05. The van der Waals surface area contributed by atoms with Crippen LogP contribution in [-0.4, -0.2) is 0 Å². The molecule has 0 saturated heterocycles. The van der Waals surface area contributed by atoms with Crippen LogP contribution >= 0.6 is 0 Å². The Labute approximate surface area is 219 Å². The Bertz CT molecular complexity index is 1150. The average molecular weight is 601 g/mol. The third kappa shape index (κ3) is 5.51. The Balaban J connectivity index is 0.000000237. The summed E-state index contributed by atoms with van der Waals surface area (Å²) < 4.78 is 0. The molecule has 5 rings (SSSR count). The Morgan fingerprint density at radius 3 is 1.94 bits per heavy atom. The molecular formula is C32H38Hf-2. The number of benzene rings is 2. The number of aryl methyl sites for hydroxylation is 2. The average Bonchev–Trinajstić information content (AvgIpc) is 3.36. The van der Waals surface area contributed by atoms with Crippen LogP contribution < -0.4 is 0 Å². The van der Waals surface area contributed by atoms with Gasteiger partial charge in [0, 0.05) is 25.8 Å². The molecule has 0 aliphatic heterocycles. The maximum Gasteiger partial charge on any atom is 0 e. The van der Waals surface area contributed by atoms with Crippen LogP contribution in [0, 0.1) is 40.0 Å². The molecule has 0 radical (unpaired) electrons. The van der Waals surface area contributed by atoms with Crippen molar-refractivity contribution in [2.75, 3.05) is 0 Å². The van der Waals surface area contributed by atoms with E-state index in [9.17, 15) is 0 Å². The standard InChI is InChI=1S/C22H23.C10H15.Hf/c1-22(2)14-19-12-18-11-10-17(21(18)13-20(19)15-22)9-8-16-6-4-3-5-7-16;1-6-7(2)9(4)10(5)8(6)3;/h3-7,10-13H,8-9,14-15H2,1-2H3;1-5H3;/q2*-1;. The molecule has 0 N–H and O–H groups in total. The monoisotopic (exact) mass is 602 g/mol. The van der Waals surface area contributed by atoms with Crippen molar-refractivity contribution in [1.29, 1.82) is 0 Å². The Morgan fingerprint density at radius 1 is 0.818 bits per heavy atom. The maximum absolute atomic E-state index is 2.47. The van der Waals surface area contributed by atoms with Crippen molar-refractivity contribution in [2.24, 2.45) is 5.41 Å². The van der Waals surface area contributed by atoms with Crippen molar-refractivity contribution in [3.8, 4) is 0 Å². The summed E-state index contributed by atoms with van der Waals surface area (Å²) in [6.07, 6.45) is 4.71. The van der Waals surface area contributed by atoms with E-state index in [0.717, 1.165) is 12.8 Å². The summed E-state index contributed by atoms with van der Waals surface area (Å²) in [4.78, 5) is 0. The summed E-state index contributed by atoms with van der Waals surface area (Å²) in [5.41, 5.74) is 13.9. The van der Waals surface area contributed by atoms with Crippen LogP contribution in [0.1, 0.15) is 63.9 Å². The molecule has 0 unspecified atom stereocenters. The van der Waals surface area contributed by atoms with Gasteiger partial charge in [-0.3, -0.25) is 0 Å². The van der Waals surface area contributed by atoms with Crippen LogP contribution in [0.5, 0.6) is 0 Å². The van der Waals surface area contributed by atoms with Gasteiger partial charge in [0.25, 0.3) is 0 Å². The zero-order chi connectivity index (χ0) is 23.0. The minimum Gasteiger partial charge on any atom is -0.196 e. The van der Waals surface area contributed by atoms with Gasteiger partial charge < -0.3 is 0 Å². The van der Waals surface area contributed by atoms with E-state index in [2.05, 4.69) is 103 Å². The fourth-order valence-corrected chi connectivity index (χ4v) is 5.38. The van der Waals surface area contributed by atoms with Crippen LogP contribution in [0.3, 0.4) is 0 Å². The zero-order valence-corrected chi connectivity index (χ0v) is 25.1. The molecule has 0 bridgehead atoms. The smallest absolute Gasteiger partial charge is 0 e. The van der Waals surface area contributed by atoms with Gasteiger partial charge in [0.15, 0.2) is 0 Å². The Hall–Kier alpha value is -1.73. The van der Waals surface area contributed by atoms with Crippen LogP contribution in [0.15, 0.2) is 54.6 Å². The van der Waals surface area contributed by atoms with Crippen LogP contribution in [0.4, 0.5) is 0 Å². The molecule has 1 aliphatic carbocycles. The number of hydrogen-bond acceptors (Lipinski definition) is 0. The summed E-state index contributed by atoms with van der Waals surface area (Å²) in [5, 5.41) is 2.91. The van der Waals surface area contributed by atoms with E-state index >= 15 is 0 Å². The van der Waals surface area contributed by atoms with Crippen molar-refractivity contribution in [3.05, 3.63) is 105 Å². The van der Waals surface area contributed by atoms with Gasteiger partial charge in [-0.15, -0.1) is 34.5 Å². The van der Waals surface area contributed by atoms with Gasteiger partial charge in [-0.1, -0.05) is 96.3 Å². The second-order valence-electron chi connectivity index (χ2n) is 10.7. The number of hydrogen-bond donors (Lipinski definition) is 0. The summed E-state index contributed by atoms with van der Waals surface area (Å²) in [7, 11) is 0. The van der Waals surface area contributed by atoms with Crippen molar-refractivity contribution < 1.29 is 25.8 Å². The van der Waals surface area contributed by atoms with Crippen molar-refractivity contribution in [1.82, 2.24) is 0 Å². The van der Waals surface area contributed by atoms with Crippen molar-refractivity contribution in [2.45, 2.75) is 74.1 Å². The zero-order valence-electron chi connectivity index (χ0n) is 21.5. The molecule has 4 aromatic rings. The SMILES string of the molecule is CC1(C)Cc2cc3cc[c-](CCc4ccccc4)c3cc2C1.Cc1c(C)c(C)[c-](C)c1C.[Hf].